The standard InChI is InChI=1S/C12H26N2O/c1-4-12-10(5-6-15-12)7-14-8-11(13)9(2)3/h9-12,14H,4-8,13H2,1-3H3. The van der Waals surface area contributed by atoms with Crippen molar-refractivity contribution in [2.45, 2.75) is 45.8 Å². The van der Waals surface area contributed by atoms with E-state index >= 15 is 0 Å². The highest BCUT2D eigenvalue weighted by atomic mass is 16.5. The highest BCUT2D eigenvalue weighted by molar-refractivity contribution is 4.78. The Balaban J connectivity index is 2.14. The van der Waals surface area contributed by atoms with Crippen LogP contribution in [0.15, 0.2) is 0 Å². The highest BCUT2D eigenvalue weighted by Crippen LogP contribution is 2.22. The number of hydrogen-bond donors (Lipinski definition) is 2. The van der Waals surface area contributed by atoms with Crippen LogP contribution < -0.4 is 11.1 Å². The van der Waals surface area contributed by atoms with E-state index in [0.717, 1.165) is 26.1 Å². The Labute approximate surface area is 93.8 Å². The Kier molecular flexibility index (Phi) is 5.58. The van der Waals surface area contributed by atoms with Crippen LogP contribution in [-0.2, 0) is 4.74 Å². The maximum atomic E-state index is 5.97. The van der Waals surface area contributed by atoms with Crippen LogP contribution in [0.3, 0.4) is 0 Å². The molecule has 0 aromatic rings. The second-order valence-corrected chi connectivity index (χ2v) is 4.93. The van der Waals surface area contributed by atoms with E-state index in [1.165, 1.54) is 6.42 Å². The first-order valence-corrected chi connectivity index (χ1v) is 6.23. The van der Waals surface area contributed by atoms with Gasteiger partial charge in [-0.15, -0.1) is 0 Å². The molecule has 3 unspecified atom stereocenters. The summed E-state index contributed by atoms with van der Waals surface area (Å²) in [5.74, 6) is 1.24. The first kappa shape index (κ1) is 12.9. The maximum Gasteiger partial charge on any atom is 0.0613 e. The van der Waals surface area contributed by atoms with E-state index in [1.807, 2.05) is 0 Å². The molecule has 1 aliphatic rings. The summed E-state index contributed by atoms with van der Waals surface area (Å²) in [6.45, 7) is 9.44. The van der Waals surface area contributed by atoms with Crippen molar-refractivity contribution in [1.82, 2.24) is 5.32 Å². The second kappa shape index (κ2) is 6.46. The molecule has 15 heavy (non-hydrogen) atoms. The molecule has 3 heteroatoms. The van der Waals surface area contributed by atoms with Crippen molar-refractivity contribution < 1.29 is 4.74 Å². The van der Waals surface area contributed by atoms with Gasteiger partial charge in [-0.05, 0) is 24.7 Å². The Morgan fingerprint density at radius 3 is 2.80 bits per heavy atom. The third-order valence-electron chi connectivity index (χ3n) is 3.39. The van der Waals surface area contributed by atoms with Crippen molar-refractivity contribution in [3.05, 3.63) is 0 Å². The normalized spacial score (nSPS) is 28.6. The second-order valence-electron chi connectivity index (χ2n) is 4.93. The smallest absolute Gasteiger partial charge is 0.0613 e. The zero-order valence-corrected chi connectivity index (χ0v) is 10.3. The summed E-state index contributed by atoms with van der Waals surface area (Å²) >= 11 is 0. The first-order valence-electron chi connectivity index (χ1n) is 6.23. The van der Waals surface area contributed by atoms with Gasteiger partial charge >= 0.3 is 0 Å². The SMILES string of the molecule is CCC1OCCC1CNCC(N)C(C)C. The first-order chi connectivity index (χ1) is 7.15. The van der Waals surface area contributed by atoms with Gasteiger partial charge in [0.05, 0.1) is 6.10 Å². The number of ether oxygens (including phenoxy) is 1. The van der Waals surface area contributed by atoms with E-state index in [9.17, 15) is 0 Å². The quantitative estimate of drug-likeness (QED) is 0.702. The molecule has 1 saturated heterocycles. The zero-order valence-electron chi connectivity index (χ0n) is 10.3. The Morgan fingerprint density at radius 1 is 1.47 bits per heavy atom. The molecule has 1 aliphatic heterocycles. The van der Waals surface area contributed by atoms with E-state index in [1.54, 1.807) is 0 Å². The van der Waals surface area contributed by atoms with Crippen LogP contribution in [0.4, 0.5) is 0 Å². The van der Waals surface area contributed by atoms with Gasteiger partial charge in [0.25, 0.3) is 0 Å². The minimum Gasteiger partial charge on any atom is -0.378 e. The van der Waals surface area contributed by atoms with E-state index < -0.39 is 0 Å². The molecule has 0 spiro atoms. The van der Waals surface area contributed by atoms with Gasteiger partial charge in [-0.25, -0.2) is 0 Å². The largest absolute Gasteiger partial charge is 0.378 e. The van der Waals surface area contributed by atoms with Gasteiger partial charge in [0.2, 0.25) is 0 Å². The lowest BCUT2D eigenvalue weighted by Gasteiger charge is -2.20. The van der Waals surface area contributed by atoms with Crippen LogP contribution in [0, 0.1) is 11.8 Å². The van der Waals surface area contributed by atoms with Gasteiger partial charge in [-0.3, -0.25) is 0 Å². The molecule has 3 nitrogen and oxygen atoms in total. The van der Waals surface area contributed by atoms with Crippen molar-refractivity contribution >= 4 is 0 Å². The van der Waals surface area contributed by atoms with E-state index in [2.05, 4.69) is 26.1 Å². The lowest BCUT2D eigenvalue weighted by atomic mass is 9.99. The fourth-order valence-electron chi connectivity index (χ4n) is 2.05. The van der Waals surface area contributed by atoms with Crippen molar-refractivity contribution in [2.24, 2.45) is 17.6 Å². The van der Waals surface area contributed by atoms with Crippen molar-refractivity contribution in [3.63, 3.8) is 0 Å². The third-order valence-corrected chi connectivity index (χ3v) is 3.39. The number of hydrogen-bond acceptors (Lipinski definition) is 3. The predicted octanol–water partition coefficient (Wildman–Crippen LogP) is 1.37. The number of nitrogens with one attached hydrogen (secondary N) is 1. The fourth-order valence-corrected chi connectivity index (χ4v) is 2.05. The summed E-state index contributed by atoms with van der Waals surface area (Å²) in [4.78, 5) is 0. The van der Waals surface area contributed by atoms with Crippen LogP contribution in [-0.4, -0.2) is 31.8 Å². The van der Waals surface area contributed by atoms with E-state index in [4.69, 9.17) is 10.5 Å². The molecule has 90 valence electrons. The molecule has 3 atom stereocenters. The predicted molar refractivity (Wildman–Crippen MR) is 63.8 cm³/mol. The fraction of sp³-hybridized carbons (Fsp3) is 1.00. The van der Waals surface area contributed by atoms with Crippen LogP contribution >= 0.6 is 0 Å². The summed E-state index contributed by atoms with van der Waals surface area (Å²) in [6.07, 6.45) is 2.79. The molecule has 0 radical (unpaired) electrons. The molecular formula is C12H26N2O. The van der Waals surface area contributed by atoms with E-state index in [0.29, 0.717) is 17.9 Å². The number of nitrogens with two attached hydrogens (primary N) is 1. The zero-order chi connectivity index (χ0) is 11.3. The van der Waals surface area contributed by atoms with Gasteiger partial charge < -0.3 is 15.8 Å². The monoisotopic (exact) mass is 214 g/mol. The van der Waals surface area contributed by atoms with Crippen LogP contribution in [0.2, 0.25) is 0 Å². The van der Waals surface area contributed by atoms with E-state index in [-0.39, 0.29) is 6.04 Å². The summed E-state index contributed by atoms with van der Waals surface area (Å²) in [6, 6.07) is 0.271. The molecule has 1 heterocycles. The molecule has 0 aromatic heterocycles. The molecule has 0 aromatic carbocycles. The van der Waals surface area contributed by atoms with Gasteiger partial charge in [0.15, 0.2) is 0 Å². The Bertz CT molecular complexity index is 173. The minimum atomic E-state index is 0.271. The molecule has 3 N–H and O–H groups in total. The summed E-state index contributed by atoms with van der Waals surface area (Å²) in [5.41, 5.74) is 5.97. The van der Waals surface area contributed by atoms with Gasteiger partial charge in [0.1, 0.15) is 0 Å². The third kappa shape index (κ3) is 4.09. The molecular weight excluding hydrogens is 188 g/mol. The van der Waals surface area contributed by atoms with Crippen molar-refractivity contribution in [2.75, 3.05) is 19.7 Å². The topological polar surface area (TPSA) is 47.3 Å². The molecule has 0 bridgehead atoms. The average Bonchev–Trinajstić information content (AvgIpc) is 2.65. The van der Waals surface area contributed by atoms with Crippen molar-refractivity contribution in [1.29, 1.82) is 0 Å². The van der Waals surface area contributed by atoms with Crippen molar-refractivity contribution in [3.8, 4) is 0 Å². The van der Waals surface area contributed by atoms with Crippen LogP contribution in [0.25, 0.3) is 0 Å². The summed E-state index contributed by atoms with van der Waals surface area (Å²) in [5, 5.41) is 3.47. The Hall–Kier alpha value is -0.120. The highest BCUT2D eigenvalue weighted by Gasteiger charge is 2.26. The lowest BCUT2D eigenvalue weighted by Crippen LogP contribution is -2.40. The maximum absolute atomic E-state index is 5.97. The van der Waals surface area contributed by atoms with Gasteiger partial charge in [-0.1, -0.05) is 20.8 Å². The van der Waals surface area contributed by atoms with Crippen LogP contribution in [0.5, 0.6) is 0 Å². The van der Waals surface area contributed by atoms with Gasteiger partial charge in [0, 0.05) is 25.7 Å². The molecule has 1 fully saturated rings. The van der Waals surface area contributed by atoms with Crippen LogP contribution in [0.1, 0.15) is 33.6 Å². The molecule has 0 saturated carbocycles. The molecule has 1 rings (SSSR count). The lowest BCUT2D eigenvalue weighted by molar-refractivity contribution is 0.0871. The average molecular weight is 214 g/mol. The summed E-state index contributed by atoms with van der Waals surface area (Å²) < 4.78 is 5.65. The minimum absolute atomic E-state index is 0.271. The van der Waals surface area contributed by atoms with Gasteiger partial charge in [-0.2, -0.15) is 0 Å². The summed E-state index contributed by atoms with van der Waals surface area (Å²) in [7, 11) is 0. The Morgan fingerprint density at radius 2 is 2.20 bits per heavy atom. The number of rotatable bonds is 6. The molecule has 0 amide bonds. The molecule has 0 aliphatic carbocycles.